The van der Waals surface area contributed by atoms with E-state index in [4.69, 9.17) is 9.47 Å². The molecule has 4 aromatic rings. The van der Waals surface area contributed by atoms with E-state index < -0.39 is 35.1 Å². The van der Waals surface area contributed by atoms with Gasteiger partial charge in [-0.25, -0.2) is 14.0 Å². The summed E-state index contributed by atoms with van der Waals surface area (Å²) in [5.41, 5.74) is -7.25. The Kier molecular flexibility index (Phi) is 6.00. The maximum atomic E-state index is 17.2. The van der Waals surface area contributed by atoms with Gasteiger partial charge in [-0.05, 0) is 34.0 Å². The van der Waals surface area contributed by atoms with Crippen LogP contribution in [-0.2, 0) is 19.9 Å². The average molecular weight is 505 g/mol. The van der Waals surface area contributed by atoms with Crippen molar-refractivity contribution >= 4 is 22.7 Å². The summed E-state index contributed by atoms with van der Waals surface area (Å²) in [4.78, 5) is 26.6. The highest BCUT2D eigenvalue weighted by molar-refractivity contribution is 5.94. The third-order valence-corrected chi connectivity index (χ3v) is 6.77. The Balaban J connectivity index is 1.78. The highest BCUT2D eigenvalue weighted by atomic mass is 19.3. The summed E-state index contributed by atoms with van der Waals surface area (Å²) in [7, 11) is 0.929. The van der Waals surface area contributed by atoms with Gasteiger partial charge < -0.3 is 9.47 Å². The molecule has 0 saturated carbocycles. The Morgan fingerprint density at radius 1 is 0.757 bits per heavy atom. The predicted octanol–water partition coefficient (Wildman–Crippen LogP) is 5.50. The van der Waals surface area contributed by atoms with Crippen LogP contribution in [-0.4, -0.2) is 30.6 Å². The number of ether oxygens (including phenoxy) is 2. The average Bonchev–Trinajstić information content (AvgIpc) is 3.12. The van der Waals surface area contributed by atoms with Gasteiger partial charge in [-0.15, -0.1) is 0 Å². The molecular formula is C29H22F3NO4. The van der Waals surface area contributed by atoms with Gasteiger partial charge in [0, 0.05) is 0 Å². The number of esters is 2. The summed E-state index contributed by atoms with van der Waals surface area (Å²) >= 11 is 0. The van der Waals surface area contributed by atoms with Gasteiger partial charge in [-0.2, -0.15) is 8.78 Å². The first-order valence-electron chi connectivity index (χ1n) is 11.5. The number of halogens is 3. The van der Waals surface area contributed by atoms with Crippen LogP contribution in [0.15, 0.2) is 103 Å². The molecule has 0 unspecified atom stereocenters. The van der Waals surface area contributed by atoms with Gasteiger partial charge in [0.15, 0.2) is 0 Å². The predicted molar refractivity (Wildman–Crippen MR) is 131 cm³/mol. The molecule has 1 aliphatic heterocycles. The fraction of sp³-hybridized carbons (Fsp3) is 0.172. The molecule has 0 radical (unpaired) electrons. The molecule has 0 bridgehead atoms. The van der Waals surface area contributed by atoms with E-state index in [-0.39, 0.29) is 16.9 Å². The Hall–Kier alpha value is -4.17. The number of benzene rings is 4. The van der Waals surface area contributed by atoms with Crippen LogP contribution < -0.4 is 10.1 Å². The molecule has 1 saturated heterocycles. The quantitative estimate of drug-likeness (QED) is 0.287. The fourth-order valence-electron chi connectivity index (χ4n) is 4.98. The lowest BCUT2D eigenvalue weighted by atomic mass is 9.78. The van der Waals surface area contributed by atoms with E-state index in [1.807, 2.05) is 0 Å². The van der Waals surface area contributed by atoms with Gasteiger partial charge in [0.2, 0.25) is 5.54 Å². The molecule has 0 amide bonds. The Bertz CT molecular complexity index is 1460. The Labute approximate surface area is 210 Å². The number of carbonyl (C=O) groups is 2. The number of carbonyl (C=O) groups excluding carboxylic acids is 2. The molecule has 1 aliphatic rings. The number of methoxy groups -OCH3 is 1. The first kappa shape index (κ1) is 24.5. The molecule has 37 heavy (non-hydrogen) atoms. The van der Waals surface area contributed by atoms with E-state index in [1.165, 1.54) is 54.6 Å². The standard InChI is InChI=1S/C29H22F3NO4/c1-36-26(35)28(20-13-4-2-5-14-20)29(31,32)27(30,25(34)37-21-15-6-3-7-16-21)24(33-28)23-18-10-12-19-11-8-9-17-22(19)23/h2-18,24,33H,1H3/t24-,27+,28+/m0/s1. The number of fused-ring (bicyclic) bond motifs is 1. The molecule has 0 spiro atoms. The zero-order chi connectivity index (χ0) is 26.3. The summed E-state index contributed by atoms with van der Waals surface area (Å²) in [6, 6.07) is 23.9. The van der Waals surface area contributed by atoms with Gasteiger partial charge in [0.25, 0.3) is 5.67 Å². The number of hydrogen-bond donors (Lipinski definition) is 1. The molecule has 0 aromatic heterocycles. The summed E-state index contributed by atoms with van der Waals surface area (Å²) in [5.74, 6) is -8.05. The van der Waals surface area contributed by atoms with Gasteiger partial charge in [-0.3, -0.25) is 5.32 Å². The smallest absolute Gasteiger partial charge is 0.357 e. The van der Waals surface area contributed by atoms with E-state index in [2.05, 4.69) is 5.32 Å². The van der Waals surface area contributed by atoms with Crippen molar-refractivity contribution in [3.05, 3.63) is 114 Å². The van der Waals surface area contributed by atoms with Crippen molar-refractivity contribution in [1.29, 1.82) is 0 Å². The van der Waals surface area contributed by atoms with Gasteiger partial charge >= 0.3 is 17.9 Å². The van der Waals surface area contributed by atoms with E-state index in [9.17, 15) is 9.59 Å². The molecule has 1 heterocycles. The highest BCUT2D eigenvalue weighted by Crippen LogP contribution is 2.59. The van der Waals surface area contributed by atoms with Crippen molar-refractivity contribution < 1.29 is 32.2 Å². The van der Waals surface area contributed by atoms with Crippen LogP contribution >= 0.6 is 0 Å². The number of hydrogen-bond acceptors (Lipinski definition) is 5. The molecule has 8 heteroatoms. The number of alkyl halides is 3. The normalized spacial score (nSPS) is 24.5. The number of para-hydroxylation sites is 1. The Morgan fingerprint density at radius 3 is 2.03 bits per heavy atom. The summed E-state index contributed by atoms with van der Waals surface area (Å²) in [6.07, 6.45) is 0. The monoisotopic (exact) mass is 505 g/mol. The molecule has 3 atom stereocenters. The first-order valence-corrected chi connectivity index (χ1v) is 11.5. The lowest BCUT2D eigenvalue weighted by Crippen LogP contribution is -2.62. The molecule has 0 aliphatic carbocycles. The van der Waals surface area contributed by atoms with Crippen molar-refractivity contribution in [1.82, 2.24) is 5.32 Å². The minimum atomic E-state index is -4.65. The zero-order valence-electron chi connectivity index (χ0n) is 19.7. The summed E-state index contributed by atoms with van der Waals surface area (Å²) in [6.45, 7) is 0. The highest BCUT2D eigenvalue weighted by Gasteiger charge is 2.84. The molecule has 188 valence electrons. The topological polar surface area (TPSA) is 64.6 Å². The van der Waals surface area contributed by atoms with Gasteiger partial charge in [0.05, 0.1) is 13.2 Å². The first-order chi connectivity index (χ1) is 17.8. The number of rotatable bonds is 5. The lowest BCUT2D eigenvalue weighted by molar-refractivity contribution is -0.197. The van der Waals surface area contributed by atoms with Crippen LogP contribution in [0.4, 0.5) is 13.2 Å². The van der Waals surface area contributed by atoms with E-state index in [1.54, 1.807) is 48.5 Å². The van der Waals surface area contributed by atoms with Crippen LogP contribution in [0.1, 0.15) is 17.2 Å². The molecular weight excluding hydrogens is 483 g/mol. The van der Waals surface area contributed by atoms with Crippen LogP contribution in [0, 0.1) is 0 Å². The second-order valence-corrected chi connectivity index (χ2v) is 8.74. The second-order valence-electron chi connectivity index (χ2n) is 8.74. The maximum Gasteiger partial charge on any atom is 0.357 e. The third-order valence-electron chi connectivity index (χ3n) is 6.77. The van der Waals surface area contributed by atoms with Crippen LogP contribution in [0.3, 0.4) is 0 Å². The third kappa shape index (κ3) is 3.51. The lowest BCUT2D eigenvalue weighted by Gasteiger charge is -2.35. The van der Waals surface area contributed by atoms with Gasteiger partial charge in [-0.1, -0.05) is 91.0 Å². The zero-order valence-corrected chi connectivity index (χ0v) is 19.7. The largest absolute Gasteiger partial charge is 0.467 e. The molecule has 5 nitrogen and oxygen atoms in total. The van der Waals surface area contributed by atoms with E-state index >= 15 is 13.2 Å². The fourth-order valence-corrected chi connectivity index (χ4v) is 4.98. The molecule has 4 aromatic carbocycles. The van der Waals surface area contributed by atoms with E-state index in [0.29, 0.717) is 10.8 Å². The van der Waals surface area contributed by atoms with Crippen molar-refractivity contribution in [2.75, 3.05) is 7.11 Å². The van der Waals surface area contributed by atoms with Gasteiger partial charge in [0.1, 0.15) is 5.75 Å². The van der Waals surface area contributed by atoms with Crippen molar-refractivity contribution in [2.45, 2.75) is 23.2 Å². The molecule has 1 N–H and O–H groups in total. The molecule has 1 fully saturated rings. The SMILES string of the molecule is COC(=O)[C@@]1(c2ccccc2)N[C@@H](c2cccc3ccccc23)[C@@](F)(C(=O)Oc2ccccc2)C1(F)F. The summed E-state index contributed by atoms with van der Waals surface area (Å²) in [5, 5.41) is 3.60. The van der Waals surface area contributed by atoms with Crippen molar-refractivity contribution in [3.8, 4) is 5.75 Å². The molecule has 5 rings (SSSR count). The second kappa shape index (κ2) is 9.05. The van der Waals surface area contributed by atoms with E-state index in [0.717, 1.165) is 7.11 Å². The van der Waals surface area contributed by atoms with Crippen molar-refractivity contribution in [2.24, 2.45) is 0 Å². The summed E-state index contributed by atoms with van der Waals surface area (Å²) < 4.78 is 60.5. The minimum absolute atomic E-state index is 0.0620. The van der Waals surface area contributed by atoms with Crippen LogP contribution in [0.2, 0.25) is 0 Å². The number of nitrogens with one attached hydrogen (secondary N) is 1. The Morgan fingerprint density at radius 2 is 1.35 bits per heavy atom. The van der Waals surface area contributed by atoms with Crippen molar-refractivity contribution in [3.63, 3.8) is 0 Å². The van der Waals surface area contributed by atoms with Crippen LogP contribution in [0.25, 0.3) is 10.8 Å². The maximum absolute atomic E-state index is 17.2. The van der Waals surface area contributed by atoms with Crippen LogP contribution in [0.5, 0.6) is 5.75 Å². The minimum Gasteiger partial charge on any atom is -0.467 e.